The summed E-state index contributed by atoms with van der Waals surface area (Å²) in [4.78, 5) is 6.75. The predicted molar refractivity (Wildman–Crippen MR) is 39.5 cm³/mol. The summed E-state index contributed by atoms with van der Waals surface area (Å²) in [7, 11) is 0. The fourth-order valence-corrected chi connectivity index (χ4v) is 0.344. The third-order valence-electron chi connectivity index (χ3n) is 0.764. The van der Waals surface area contributed by atoms with E-state index in [4.69, 9.17) is 10.8 Å². The van der Waals surface area contributed by atoms with Gasteiger partial charge in [-0.2, -0.15) is 0 Å². The smallest absolute Gasteiger partial charge is 0.102 e. The Bertz CT molecular complexity index is 137. The molecular weight excluding hydrogens is 130 g/mol. The summed E-state index contributed by atoms with van der Waals surface area (Å²) < 4.78 is 0. The first-order valence-electron chi connectivity index (χ1n) is 3.08. The summed E-state index contributed by atoms with van der Waals surface area (Å²) in [5.41, 5.74) is 4.78. The number of nitrogens with one attached hydrogen (secondary N) is 1. The Morgan fingerprint density at radius 1 is 1.80 bits per heavy atom. The fourth-order valence-electron chi connectivity index (χ4n) is 0.344. The van der Waals surface area contributed by atoms with Crippen molar-refractivity contribution in [2.75, 3.05) is 13.2 Å². The third kappa shape index (κ3) is 5.27. The minimum Gasteiger partial charge on any atom is -0.395 e. The van der Waals surface area contributed by atoms with Crippen LogP contribution in [0.1, 0.15) is 5.82 Å². The zero-order valence-corrected chi connectivity index (χ0v) is 6.04. The number of hydrogen-bond donors (Lipinski definition) is 3. The van der Waals surface area contributed by atoms with Gasteiger partial charge in [-0.25, -0.2) is 4.98 Å². The first-order chi connectivity index (χ1) is 4.81. The Labute approximate surface area is 60.1 Å². The topological polar surface area (TPSA) is 74.9 Å². The largest absolute Gasteiger partial charge is 0.395 e. The molecule has 0 saturated carbocycles. The monoisotopic (exact) mass is 143 g/mol. The number of aliphatic hydroxyl groups is 1. The summed E-state index contributed by atoms with van der Waals surface area (Å²) in [6.07, 6.45) is 3.53. The SMILES string of the molecule is Cc1ncc[nH]1.NCCO. The number of imidazole rings is 1. The second kappa shape index (κ2) is 6.25. The molecule has 0 aromatic carbocycles. The number of nitrogens with two attached hydrogens (primary N) is 1. The van der Waals surface area contributed by atoms with Crippen LogP contribution in [0.15, 0.2) is 12.4 Å². The van der Waals surface area contributed by atoms with E-state index < -0.39 is 0 Å². The van der Waals surface area contributed by atoms with Crippen molar-refractivity contribution in [3.8, 4) is 0 Å². The Balaban J connectivity index is 0.000000180. The summed E-state index contributed by atoms with van der Waals surface area (Å²) in [5, 5.41) is 7.75. The van der Waals surface area contributed by atoms with E-state index in [1.54, 1.807) is 12.4 Å². The summed E-state index contributed by atoms with van der Waals surface area (Å²) in [5.74, 6) is 0.968. The van der Waals surface area contributed by atoms with Gasteiger partial charge >= 0.3 is 0 Å². The van der Waals surface area contributed by atoms with Gasteiger partial charge in [-0.05, 0) is 6.92 Å². The van der Waals surface area contributed by atoms with Gasteiger partial charge < -0.3 is 15.8 Å². The van der Waals surface area contributed by atoms with Crippen LogP contribution in [0.3, 0.4) is 0 Å². The molecule has 4 nitrogen and oxygen atoms in total. The normalized spacial score (nSPS) is 8.30. The number of aromatic nitrogens is 2. The van der Waals surface area contributed by atoms with Crippen LogP contribution in [0.4, 0.5) is 0 Å². The van der Waals surface area contributed by atoms with Crippen molar-refractivity contribution in [2.45, 2.75) is 6.92 Å². The van der Waals surface area contributed by atoms with Gasteiger partial charge in [-0.1, -0.05) is 0 Å². The number of rotatable bonds is 1. The van der Waals surface area contributed by atoms with Gasteiger partial charge in [0.1, 0.15) is 5.82 Å². The van der Waals surface area contributed by atoms with E-state index >= 15 is 0 Å². The molecule has 1 aromatic heterocycles. The Kier molecular flexibility index (Phi) is 5.71. The van der Waals surface area contributed by atoms with E-state index in [0.29, 0.717) is 6.54 Å². The molecule has 0 spiro atoms. The standard InChI is InChI=1S/C4H6N2.C2H7NO/c1-4-5-2-3-6-4;3-1-2-4/h2-3H,1H3,(H,5,6);4H,1-3H2. The maximum atomic E-state index is 7.75. The second-order valence-electron chi connectivity index (χ2n) is 1.69. The molecule has 0 atom stereocenters. The van der Waals surface area contributed by atoms with E-state index in [1.807, 2.05) is 6.92 Å². The fraction of sp³-hybridized carbons (Fsp3) is 0.500. The van der Waals surface area contributed by atoms with Crippen LogP contribution < -0.4 is 5.73 Å². The van der Waals surface area contributed by atoms with Crippen LogP contribution in [0.5, 0.6) is 0 Å². The van der Waals surface area contributed by atoms with Gasteiger partial charge in [-0.3, -0.25) is 0 Å². The Morgan fingerprint density at radius 2 is 2.40 bits per heavy atom. The molecular formula is C6H13N3O. The maximum absolute atomic E-state index is 7.75. The molecule has 58 valence electrons. The summed E-state index contributed by atoms with van der Waals surface area (Å²) in [6, 6.07) is 0. The van der Waals surface area contributed by atoms with Crippen molar-refractivity contribution in [2.24, 2.45) is 5.73 Å². The first kappa shape index (κ1) is 9.13. The van der Waals surface area contributed by atoms with E-state index in [1.165, 1.54) is 0 Å². The van der Waals surface area contributed by atoms with E-state index in [9.17, 15) is 0 Å². The van der Waals surface area contributed by atoms with E-state index in [2.05, 4.69) is 9.97 Å². The predicted octanol–water partition coefficient (Wildman–Crippen LogP) is -0.344. The quantitative estimate of drug-likeness (QED) is 0.503. The molecule has 0 saturated heterocycles. The van der Waals surface area contributed by atoms with Crippen LogP contribution in [0.2, 0.25) is 0 Å². The zero-order chi connectivity index (χ0) is 7.82. The van der Waals surface area contributed by atoms with Crippen molar-refractivity contribution in [1.82, 2.24) is 9.97 Å². The van der Waals surface area contributed by atoms with Crippen molar-refractivity contribution in [1.29, 1.82) is 0 Å². The molecule has 0 bridgehead atoms. The molecule has 1 heterocycles. The zero-order valence-electron chi connectivity index (χ0n) is 6.04. The lowest BCUT2D eigenvalue weighted by Crippen LogP contribution is -2.02. The lowest BCUT2D eigenvalue weighted by Gasteiger charge is -1.71. The van der Waals surface area contributed by atoms with Gasteiger partial charge in [0, 0.05) is 18.9 Å². The molecule has 0 unspecified atom stereocenters. The van der Waals surface area contributed by atoms with Crippen molar-refractivity contribution >= 4 is 0 Å². The third-order valence-corrected chi connectivity index (χ3v) is 0.764. The summed E-state index contributed by atoms with van der Waals surface area (Å²) in [6.45, 7) is 2.39. The Hall–Kier alpha value is -0.870. The average molecular weight is 143 g/mol. The number of hydrogen-bond acceptors (Lipinski definition) is 3. The Morgan fingerprint density at radius 3 is 2.50 bits per heavy atom. The number of aryl methyl sites for hydroxylation is 1. The number of nitrogens with zero attached hydrogens (tertiary/aromatic N) is 1. The van der Waals surface area contributed by atoms with Crippen molar-refractivity contribution < 1.29 is 5.11 Å². The molecule has 0 fully saturated rings. The van der Waals surface area contributed by atoms with Crippen LogP contribution >= 0.6 is 0 Å². The van der Waals surface area contributed by atoms with Crippen molar-refractivity contribution in [3.05, 3.63) is 18.2 Å². The lowest BCUT2D eigenvalue weighted by molar-refractivity contribution is 0.306. The molecule has 4 heteroatoms. The van der Waals surface area contributed by atoms with Gasteiger partial charge in [0.05, 0.1) is 6.61 Å². The number of H-pyrrole nitrogens is 1. The highest BCUT2D eigenvalue weighted by Gasteiger charge is 1.73. The lowest BCUT2D eigenvalue weighted by atomic mass is 10.8. The van der Waals surface area contributed by atoms with Gasteiger partial charge in [0.25, 0.3) is 0 Å². The van der Waals surface area contributed by atoms with Gasteiger partial charge in [-0.15, -0.1) is 0 Å². The van der Waals surface area contributed by atoms with Crippen LogP contribution in [-0.4, -0.2) is 28.2 Å². The number of aliphatic hydroxyl groups excluding tert-OH is 1. The highest BCUT2D eigenvalue weighted by molar-refractivity contribution is 4.80. The minimum absolute atomic E-state index is 0.0972. The molecule has 0 aliphatic carbocycles. The number of aromatic amines is 1. The van der Waals surface area contributed by atoms with E-state index in [0.717, 1.165) is 5.82 Å². The van der Waals surface area contributed by atoms with Crippen LogP contribution in [0, 0.1) is 6.92 Å². The molecule has 1 aromatic rings. The molecule has 10 heavy (non-hydrogen) atoms. The van der Waals surface area contributed by atoms with E-state index in [-0.39, 0.29) is 6.61 Å². The molecule has 0 aliphatic rings. The van der Waals surface area contributed by atoms with Crippen molar-refractivity contribution in [3.63, 3.8) is 0 Å². The maximum Gasteiger partial charge on any atom is 0.102 e. The second-order valence-corrected chi connectivity index (χ2v) is 1.69. The molecule has 0 amide bonds. The molecule has 4 N–H and O–H groups in total. The highest BCUT2D eigenvalue weighted by atomic mass is 16.3. The minimum atomic E-state index is 0.0972. The molecule has 1 rings (SSSR count). The molecule has 0 aliphatic heterocycles. The van der Waals surface area contributed by atoms with Gasteiger partial charge in [0.2, 0.25) is 0 Å². The summed E-state index contributed by atoms with van der Waals surface area (Å²) >= 11 is 0. The highest BCUT2D eigenvalue weighted by Crippen LogP contribution is 1.78. The first-order valence-corrected chi connectivity index (χ1v) is 3.08. The van der Waals surface area contributed by atoms with Crippen LogP contribution in [0.25, 0.3) is 0 Å². The van der Waals surface area contributed by atoms with Crippen LogP contribution in [-0.2, 0) is 0 Å². The van der Waals surface area contributed by atoms with Gasteiger partial charge in [0.15, 0.2) is 0 Å². The average Bonchev–Trinajstić information content (AvgIpc) is 2.40. The molecule has 0 radical (unpaired) electrons.